The van der Waals surface area contributed by atoms with Crippen molar-refractivity contribution in [3.63, 3.8) is 0 Å². The normalized spacial score (nSPS) is 0. The van der Waals surface area contributed by atoms with E-state index in [1.807, 2.05) is 0 Å². The van der Waals surface area contributed by atoms with Crippen molar-refractivity contribution in [2.75, 3.05) is 0 Å². The van der Waals surface area contributed by atoms with E-state index < -0.39 is 0 Å². The van der Waals surface area contributed by atoms with Crippen LogP contribution in [0.5, 0.6) is 0 Å². The second-order valence-corrected chi connectivity index (χ2v) is 0. The molecule has 6 heavy (non-hydrogen) atoms. The van der Waals surface area contributed by atoms with Crippen LogP contribution in [0.25, 0.3) is 0 Å². The summed E-state index contributed by atoms with van der Waals surface area (Å²) in [6.07, 6.45) is 0. The van der Waals surface area contributed by atoms with E-state index >= 15 is 0 Å². The smallest absolute Gasteiger partial charge is 0 e. The van der Waals surface area contributed by atoms with Gasteiger partial charge in [0.1, 0.15) is 0 Å². The third-order valence-electron chi connectivity index (χ3n) is 0. The average molecular weight is 266 g/mol. The fourth-order valence-electron chi connectivity index (χ4n) is 0. The van der Waals surface area contributed by atoms with Crippen LogP contribution in [-0.2, 0) is 53.6 Å². The molecule has 1 nitrogen and oxygen atoms in total. The second kappa shape index (κ2) is 37.7. The first-order valence-electron chi connectivity index (χ1n) is 0. The van der Waals surface area contributed by atoms with E-state index in [4.69, 9.17) is 0 Å². The zero-order valence-electron chi connectivity index (χ0n) is 3.85. The molecule has 0 spiro atoms. The van der Waals surface area contributed by atoms with Gasteiger partial charge in [-0.2, -0.15) is 9.90 Å². The molecule has 3 N–H and O–H groups in total. The van der Waals surface area contributed by atoms with E-state index in [9.17, 15) is 0 Å². The van der Waals surface area contributed by atoms with Crippen molar-refractivity contribution in [3.05, 3.63) is 0 Å². The fourth-order valence-corrected chi connectivity index (χ4v) is 0. The summed E-state index contributed by atoms with van der Waals surface area (Å²) in [7, 11) is 0. The van der Waals surface area contributed by atoms with Gasteiger partial charge in [0, 0.05) is 105 Å². The minimum Gasteiger partial charge on any atom is -0.344 e. The van der Waals surface area contributed by atoms with Gasteiger partial charge in [0.25, 0.3) is 0 Å². The Balaban J connectivity index is 0. The first kappa shape index (κ1) is 53.8. The molecular weight excluding hydrogens is 260 g/mol. The molecule has 0 aromatic rings. The Kier molecular flexibility index (Phi) is 338. The van der Waals surface area contributed by atoms with Gasteiger partial charge < -0.3 is 6.15 Å². The van der Waals surface area contributed by atoms with E-state index in [1.54, 1.807) is 0 Å². The van der Waals surface area contributed by atoms with Crippen LogP contribution in [0.1, 0.15) is 0 Å². The summed E-state index contributed by atoms with van der Waals surface area (Å²) in [6.45, 7) is 0. The molecule has 0 aromatic heterocycles. The van der Waals surface area contributed by atoms with Gasteiger partial charge >= 0.3 is 0 Å². The standard InChI is InChI=1S/Fe.K.Mn.H3N.H3P.Zn/h;;;2*1H3;. The van der Waals surface area contributed by atoms with E-state index in [0.717, 1.165) is 0 Å². The molecule has 34 valence electrons. The molecule has 0 rings (SSSR count). The first-order chi connectivity index (χ1) is 0. The van der Waals surface area contributed by atoms with Crippen molar-refractivity contribution in [2.24, 2.45) is 0 Å². The maximum absolute atomic E-state index is 0. The summed E-state index contributed by atoms with van der Waals surface area (Å²) in [6, 6.07) is 0. The van der Waals surface area contributed by atoms with Gasteiger partial charge in [-0.3, -0.25) is 0 Å². The minimum atomic E-state index is 0. The Labute approximate surface area is 118 Å². The maximum atomic E-state index is 0. The summed E-state index contributed by atoms with van der Waals surface area (Å²) in [5, 5.41) is 0. The van der Waals surface area contributed by atoms with Gasteiger partial charge in [-0.15, -0.1) is 0 Å². The van der Waals surface area contributed by atoms with Gasteiger partial charge in [0.05, 0.1) is 0 Å². The summed E-state index contributed by atoms with van der Waals surface area (Å²) >= 11 is 0. The van der Waals surface area contributed by atoms with Gasteiger partial charge in [-0.05, 0) is 0 Å². The molecule has 0 bridgehead atoms. The van der Waals surface area contributed by atoms with Crippen LogP contribution >= 0.6 is 9.90 Å². The van der Waals surface area contributed by atoms with E-state index in [0.29, 0.717) is 0 Å². The van der Waals surface area contributed by atoms with Crippen molar-refractivity contribution in [2.45, 2.75) is 0 Å². The van der Waals surface area contributed by atoms with Crippen LogP contribution in [0.4, 0.5) is 0 Å². The predicted octanol–water partition coefficient (Wildman–Crippen LogP) is -0.168. The topological polar surface area (TPSA) is 35.0 Å². The van der Waals surface area contributed by atoms with Crippen LogP contribution in [0.15, 0.2) is 0 Å². The zero-order valence-corrected chi connectivity index (χ0v) is 13.6. The van der Waals surface area contributed by atoms with Crippen molar-refractivity contribution >= 4 is 61.3 Å². The Morgan fingerprint density at radius 3 is 1.00 bits per heavy atom. The summed E-state index contributed by atoms with van der Waals surface area (Å²) in [5.41, 5.74) is 0. The molecule has 0 aliphatic rings. The van der Waals surface area contributed by atoms with Crippen LogP contribution in [-0.4, -0.2) is 51.4 Å². The first-order valence-corrected chi connectivity index (χ1v) is 0. The Bertz CT molecular complexity index is 15.5. The average Bonchev–Trinajstić information content (AvgIpc) is 0. The molecule has 6 heteroatoms. The van der Waals surface area contributed by atoms with Gasteiger partial charge in [-0.1, -0.05) is 0 Å². The quantitative estimate of drug-likeness (QED) is 0.479. The molecule has 0 saturated heterocycles. The molecular formula is H6FeKMnNPZn. The molecule has 0 aliphatic heterocycles. The second-order valence-electron chi connectivity index (χ2n) is 0. The minimum absolute atomic E-state index is 0. The molecule has 0 aromatic carbocycles. The van der Waals surface area contributed by atoms with E-state index in [-0.39, 0.29) is 121 Å². The van der Waals surface area contributed by atoms with Crippen molar-refractivity contribution in [1.82, 2.24) is 6.15 Å². The molecule has 0 fully saturated rings. The van der Waals surface area contributed by atoms with Crippen LogP contribution in [0.3, 0.4) is 0 Å². The van der Waals surface area contributed by atoms with Gasteiger partial charge in [-0.25, -0.2) is 0 Å². The zero-order chi connectivity index (χ0) is 0. The van der Waals surface area contributed by atoms with E-state index in [2.05, 4.69) is 0 Å². The Morgan fingerprint density at radius 2 is 1.00 bits per heavy atom. The summed E-state index contributed by atoms with van der Waals surface area (Å²) < 4.78 is 0. The Hall–Kier alpha value is 3.69. The number of rotatable bonds is 0. The predicted molar refractivity (Wildman–Crippen MR) is 21.9 cm³/mol. The molecule has 2 radical (unpaired) electrons. The largest absolute Gasteiger partial charge is 0.344 e. The SMILES string of the molecule is N.P.[Fe].[K].[Mn].[Zn]. The third kappa shape index (κ3) is 25.3. The van der Waals surface area contributed by atoms with Crippen LogP contribution in [0, 0.1) is 0 Å². The van der Waals surface area contributed by atoms with Crippen molar-refractivity contribution in [3.8, 4) is 0 Å². The van der Waals surface area contributed by atoms with Crippen LogP contribution in [0.2, 0.25) is 0 Å². The van der Waals surface area contributed by atoms with E-state index in [1.165, 1.54) is 0 Å². The summed E-state index contributed by atoms with van der Waals surface area (Å²) in [5.74, 6) is 0. The molecule has 0 saturated carbocycles. The molecule has 0 amide bonds. The monoisotopic (exact) mass is 265 g/mol. The fraction of sp³-hybridized carbons (Fsp3) is 0. The summed E-state index contributed by atoms with van der Waals surface area (Å²) in [4.78, 5) is 0. The molecule has 0 aliphatic carbocycles. The van der Waals surface area contributed by atoms with Crippen molar-refractivity contribution < 1.29 is 53.6 Å². The van der Waals surface area contributed by atoms with Crippen molar-refractivity contribution in [1.29, 1.82) is 0 Å². The molecule has 1 unspecified atom stereocenters. The maximum Gasteiger partial charge on any atom is 0 e. The van der Waals surface area contributed by atoms with Gasteiger partial charge in [0.15, 0.2) is 0 Å². The van der Waals surface area contributed by atoms with Gasteiger partial charge in [0.2, 0.25) is 0 Å². The third-order valence-corrected chi connectivity index (χ3v) is 0. The number of hydrogen-bond donors (Lipinski definition) is 1. The molecule has 1 atom stereocenters. The number of hydrogen-bond acceptors (Lipinski definition) is 1. The molecule has 0 heterocycles. The van der Waals surface area contributed by atoms with Crippen LogP contribution < -0.4 is 6.15 Å². The Morgan fingerprint density at radius 1 is 1.00 bits per heavy atom.